The summed E-state index contributed by atoms with van der Waals surface area (Å²) in [6, 6.07) is 12.3. The van der Waals surface area contributed by atoms with Crippen LogP contribution in [0.3, 0.4) is 0 Å². The van der Waals surface area contributed by atoms with Crippen molar-refractivity contribution in [2.75, 3.05) is 6.54 Å². The first-order valence-electron chi connectivity index (χ1n) is 7.49. The van der Waals surface area contributed by atoms with E-state index >= 15 is 0 Å². The normalized spacial score (nSPS) is 24.7. The average Bonchev–Trinajstić information content (AvgIpc) is 3.17. The van der Waals surface area contributed by atoms with E-state index in [1.165, 1.54) is 18.4 Å². The van der Waals surface area contributed by atoms with Gasteiger partial charge in [-0.15, -0.1) is 0 Å². The van der Waals surface area contributed by atoms with Crippen LogP contribution in [0.4, 0.5) is 0 Å². The van der Waals surface area contributed by atoms with E-state index in [4.69, 9.17) is 0 Å². The number of hydrogen-bond donors (Lipinski definition) is 4. The first-order valence-corrected chi connectivity index (χ1v) is 7.49. The molecule has 2 atom stereocenters. The molecule has 4 heteroatoms. The number of rotatable bonds is 2. The van der Waals surface area contributed by atoms with E-state index in [0.29, 0.717) is 11.8 Å². The van der Waals surface area contributed by atoms with Gasteiger partial charge >= 0.3 is 0 Å². The molecule has 4 rings (SSSR count). The first-order chi connectivity index (χ1) is 10.3. The molecule has 0 amide bonds. The minimum atomic E-state index is 0.276. The summed E-state index contributed by atoms with van der Waals surface area (Å²) in [6.45, 7) is 1.11. The van der Waals surface area contributed by atoms with Crippen LogP contribution < -0.4 is 16.0 Å². The Kier molecular flexibility index (Phi) is 2.97. The van der Waals surface area contributed by atoms with Crippen LogP contribution in [0.1, 0.15) is 18.4 Å². The molecule has 0 spiro atoms. The molecule has 0 saturated carbocycles. The van der Waals surface area contributed by atoms with Gasteiger partial charge in [0, 0.05) is 12.2 Å². The fourth-order valence-corrected chi connectivity index (χ4v) is 3.20. The van der Waals surface area contributed by atoms with E-state index in [9.17, 15) is 5.11 Å². The molecule has 108 valence electrons. The lowest BCUT2D eigenvalue weighted by Gasteiger charge is -2.21. The molecule has 2 aromatic rings. The molecule has 2 heterocycles. The Morgan fingerprint density at radius 1 is 1.05 bits per heavy atom. The van der Waals surface area contributed by atoms with Crippen molar-refractivity contribution >= 4 is 16.5 Å². The number of phenolic OH excluding ortho intramolecular Hbond substituents is 1. The zero-order valence-electron chi connectivity index (χ0n) is 11.8. The molecule has 4 N–H and O–H groups in total. The average molecular weight is 281 g/mol. The molecule has 1 saturated heterocycles. The summed E-state index contributed by atoms with van der Waals surface area (Å²) in [5, 5.41) is 22.2. The van der Waals surface area contributed by atoms with E-state index in [2.05, 4.69) is 34.3 Å². The molecule has 0 aromatic heterocycles. The minimum absolute atomic E-state index is 0.276. The number of phenols is 1. The Bertz CT molecular complexity index is 704. The summed E-state index contributed by atoms with van der Waals surface area (Å²) >= 11 is 0. The SMILES string of the molecule is Oc1ccc2cc(C3=CNC(C4CCCN4)N3)ccc2c1. The van der Waals surface area contributed by atoms with Crippen LogP contribution in [0.15, 0.2) is 42.6 Å². The highest BCUT2D eigenvalue weighted by molar-refractivity contribution is 5.87. The largest absolute Gasteiger partial charge is 0.508 e. The van der Waals surface area contributed by atoms with Gasteiger partial charge in [-0.1, -0.05) is 18.2 Å². The molecule has 0 bridgehead atoms. The van der Waals surface area contributed by atoms with E-state index < -0.39 is 0 Å². The predicted molar refractivity (Wildman–Crippen MR) is 84.7 cm³/mol. The van der Waals surface area contributed by atoms with Gasteiger partial charge in [-0.05, 0) is 53.9 Å². The van der Waals surface area contributed by atoms with E-state index in [1.807, 2.05) is 12.1 Å². The Labute approximate surface area is 123 Å². The van der Waals surface area contributed by atoms with Crippen LogP contribution in [0.25, 0.3) is 16.5 Å². The third-order valence-electron chi connectivity index (χ3n) is 4.35. The zero-order chi connectivity index (χ0) is 14.2. The molecule has 0 radical (unpaired) electrons. The molecular weight excluding hydrogens is 262 g/mol. The molecule has 0 aliphatic carbocycles. The van der Waals surface area contributed by atoms with Crippen LogP contribution >= 0.6 is 0 Å². The van der Waals surface area contributed by atoms with Crippen molar-refractivity contribution in [1.29, 1.82) is 0 Å². The lowest BCUT2D eigenvalue weighted by atomic mass is 10.0. The summed E-state index contributed by atoms with van der Waals surface area (Å²) < 4.78 is 0. The van der Waals surface area contributed by atoms with Gasteiger partial charge in [0.2, 0.25) is 0 Å². The molecule has 2 unspecified atom stereocenters. The van der Waals surface area contributed by atoms with Gasteiger partial charge < -0.3 is 21.1 Å². The summed E-state index contributed by atoms with van der Waals surface area (Å²) in [5.41, 5.74) is 2.30. The maximum Gasteiger partial charge on any atom is 0.116 e. The standard InChI is InChI=1S/C17H19N3O/c21-14-6-5-11-8-13(4-3-12(11)9-14)16-10-19-17(20-16)15-2-1-7-18-15/h3-6,8-10,15,17-21H,1-2,7H2. The van der Waals surface area contributed by atoms with E-state index in [0.717, 1.165) is 23.0 Å². The van der Waals surface area contributed by atoms with Crippen molar-refractivity contribution in [2.24, 2.45) is 0 Å². The summed E-state index contributed by atoms with van der Waals surface area (Å²) in [4.78, 5) is 0. The van der Waals surface area contributed by atoms with Crippen LogP contribution in [-0.2, 0) is 0 Å². The van der Waals surface area contributed by atoms with Gasteiger partial charge in [0.1, 0.15) is 11.9 Å². The lowest BCUT2D eigenvalue weighted by Crippen LogP contribution is -2.47. The maximum atomic E-state index is 9.53. The third-order valence-corrected chi connectivity index (χ3v) is 4.35. The van der Waals surface area contributed by atoms with Crippen LogP contribution in [-0.4, -0.2) is 23.9 Å². The highest BCUT2D eigenvalue weighted by Gasteiger charge is 2.27. The van der Waals surface area contributed by atoms with E-state index in [-0.39, 0.29) is 6.17 Å². The second-order valence-electron chi connectivity index (χ2n) is 5.80. The van der Waals surface area contributed by atoms with Crippen molar-refractivity contribution in [2.45, 2.75) is 25.0 Å². The predicted octanol–water partition coefficient (Wildman–Crippen LogP) is 2.11. The molecular formula is C17H19N3O. The second-order valence-corrected chi connectivity index (χ2v) is 5.80. The van der Waals surface area contributed by atoms with Crippen molar-refractivity contribution in [1.82, 2.24) is 16.0 Å². The summed E-state index contributed by atoms with van der Waals surface area (Å²) in [7, 11) is 0. The summed E-state index contributed by atoms with van der Waals surface area (Å²) in [5.74, 6) is 0.308. The van der Waals surface area contributed by atoms with E-state index in [1.54, 1.807) is 12.1 Å². The zero-order valence-corrected chi connectivity index (χ0v) is 11.8. The van der Waals surface area contributed by atoms with Crippen molar-refractivity contribution < 1.29 is 5.11 Å². The van der Waals surface area contributed by atoms with Gasteiger partial charge in [-0.25, -0.2) is 0 Å². The molecule has 2 aliphatic heterocycles. The second kappa shape index (κ2) is 4.97. The molecule has 2 aromatic carbocycles. The van der Waals surface area contributed by atoms with Gasteiger partial charge in [0.25, 0.3) is 0 Å². The number of nitrogens with one attached hydrogen (secondary N) is 3. The summed E-state index contributed by atoms with van der Waals surface area (Å²) in [6.07, 6.45) is 4.80. The van der Waals surface area contributed by atoms with Gasteiger partial charge in [-0.3, -0.25) is 0 Å². The molecule has 1 fully saturated rings. The highest BCUT2D eigenvalue weighted by atomic mass is 16.3. The maximum absolute atomic E-state index is 9.53. The number of aromatic hydroxyl groups is 1. The Morgan fingerprint density at radius 3 is 2.76 bits per heavy atom. The Hall–Kier alpha value is -2.20. The van der Waals surface area contributed by atoms with Gasteiger partial charge in [0.05, 0.1) is 5.70 Å². The first kappa shape index (κ1) is 12.5. The smallest absolute Gasteiger partial charge is 0.116 e. The number of fused-ring (bicyclic) bond motifs is 1. The monoisotopic (exact) mass is 281 g/mol. The third kappa shape index (κ3) is 2.32. The van der Waals surface area contributed by atoms with Crippen molar-refractivity contribution in [3.8, 4) is 5.75 Å². The fraction of sp³-hybridized carbons (Fsp3) is 0.294. The van der Waals surface area contributed by atoms with Crippen LogP contribution in [0.2, 0.25) is 0 Å². The molecule has 2 aliphatic rings. The van der Waals surface area contributed by atoms with Crippen molar-refractivity contribution in [3.63, 3.8) is 0 Å². The quantitative estimate of drug-likeness (QED) is 0.681. The van der Waals surface area contributed by atoms with Crippen molar-refractivity contribution in [3.05, 3.63) is 48.2 Å². The molecule has 4 nitrogen and oxygen atoms in total. The Morgan fingerprint density at radius 2 is 1.90 bits per heavy atom. The highest BCUT2D eigenvalue weighted by Crippen LogP contribution is 2.25. The van der Waals surface area contributed by atoms with Crippen LogP contribution in [0, 0.1) is 0 Å². The molecule has 21 heavy (non-hydrogen) atoms. The lowest BCUT2D eigenvalue weighted by molar-refractivity contribution is 0.429. The number of benzene rings is 2. The van der Waals surface area contributed by atoms with Gasteiger partial charge in [-0.2, -0.15) is 0 Å². The Balaban J connectivity index is 1.58. The number of hydrogen-bond acceptors (Lipinski definition) is 4. The van der Waals surface area contributed by atoms with Gasteiger partial charge in [0.15, 0.2) is 0 Å². The topological polar surface area (TPSA) is 56.3 Å². The fourth-order valence-electron chi connectivity index (χ4n) is 3.20. The van der Waals surface area contributed by atoms with Crippen LogP contribution in [0.5, 0.6) is 5.75 Å². The minimum Gasteiger partial charge on any atom is -0.508 e.